The second kappa shape index (κ2) is 4.36. The smallest absolute Gasteiger partial charge is 0.277 e. The number of phenolic OH excluding ortho intramolecular Hbond substituents is 1. The van der Waals surface area contributed by atoms with Gasteiger partial charge in [-0.25, -0.2) is 4.98 Å². The number of imidazole rings is 1. The summed E-state index contributed by atoms with van der Waals surface area (Å²) in [7, 11) is 0. The molecule has 0 fully saturated rings. The van der Waals surface area contributed by atoms with Crippen LogP contribution < -0.4 is 5.56 Å². The van der Waals surface area contributed by atoms with Crippen molar-refractivity contribution in [3.8, 4) is 5.75 Å². The summed E-state index contributed by atoms with van der Waals surface area (Å²) in [4.78, 5) is 21.2. The lowest BCUT2D eigenvalue weighted by Crippen LogP contribution is -2.15. The van der Waals surface area contributed by atoms with Gasteiger partial charge in [-0.05, 0) is 29.9 Å². The van der Waals surface area contributed by atoms with Crippen LogP contribution in [0.1, 0.15) is 5.56 Å². The predicted octanol–water partition coefficient (Wildman–Crippen LogP) is 1.54. The first kappa shape index (κ1) is 11.7. The normalized spacial score (nSPS) is 10.9. The number of nitrogens with one attached hydrogen (secondary N) is 2. The zero-order valence-corrected chi connectivity index (χ0v) is 10.6. The quantitative estimate of drug-likeness (QED) is 0.619. The molecule has 0 aliphatic heterocycles. The highest BCUT2D eigenvalue weighted by Crippen LogP contribution is 2.14. The molecule has 0 atom stereocenters. The minimum absolute atomic E-state index is 0.187. The summed E-state index contributed by atoms with van der Waals surface area (Å²) in [6, 6.07) is 6.86. The summed E-state index contributed by atoms with van der Waals surface area (Å²) in [6.45, 7) is 0.422. The lowest BCUT2D eigenvalue weighted by atomic mass is 10.2. The number of H-pyrrole nitrogens is 2. The molecule has 96 valence electrons. The Morgan fingerprint density at radius 1 is 1.42 bits per heavy atom. The number of hydrogen-bond acceptors (Lipinski definition) is 4. The molecule has 2 aromatic heterocycles. The fourth-order valence-corrected chi connectivity index (χ4v) is 2.21. The van der Waals surface area contributed by atoms with Gasteiger partial charge in [0.1, 0.15) is 11.3 Å². The van der Waals surface area contributed by atoms with Crippen molar-refractivity contribution >= 4 is 23.4 Å². The average Bonchev–Trinajstić information content (AvgIpc) is 2.84. The van der Waals surface area contributed by atoms with Crippen LogP contribution in [0.25, 0.3) is 11.2 Å². The predicted molar refractivity (Wildman–Crippen MR) is 72.7 cm³/mol. The molecule has 0 bridgehead atoms. The summed E-state index contributed by atoms with van der Waals surface area (Å²) in [5, 5.41) is 9.46. The standard InChI is InChI=1S/C12H10N4O2S/c17-8-3-1-2-7(4-8)5-16-10-9(13-6-14-10)11(18)15-12(16)19/h1-4,6,17H,5H2,(H,13,14)(H,15,18,19). The molecule has 19 heavy (non-hydrogen) atoms. The van der Waals surface area contributed by atoms with Gasteiger partial charge in [0.05, 0.1) is 12.9 Å². The van der Waals surface area contributed by atoms with E-state index in [2.05, 4.69) is 15.0 Å². The largest absolute Gasteiger partial charge is 0.508 e. The molecular weight excluding hydrogens is 264 g/mol. The first-order valence-electron chi connectivity index (χ1n) is 5.59. The minimum atomic E-state index is -0.287. The van der Waals surface area contributed by atoms with E-state index >= 15 is 0 Å². The van der Waals surface area contributed by atoms with Crippen LogP contribution in [0, 0.1) is 4.77 Å². The monoisotopic (exact) mass is 274 g/mol. The Bertz CT molecular complexity index is 862. The van der Waals surface area contributed by atoms with Gasteiger partial charge in [-0.15, -0.1) is 0 Å². The Labute approximate surface area is 112 Å². The van der Waals surface area contributed by atoms with Crippen LogP contribution in [-0.2, 0) is 6.54 Å². The topological polar surface area (TPSA) is 86.7 Å². The number of aromatic nitrogens is 4. The van der Waals surface area contributed by atoms with Crippen molar-refractivity contribution in [3.05, 3.63) is 51.3 Å². The molecule has 0 saturated carbocycles. The number of phenols is 1. The zero-order chi connectivity index (χ0) is 13.4. The van der Waals surface area contributed by atoms with Gasteiger partial charge in [0.15, 0.2) is 10.4 Å². The summed E-state index contributed by atoms with van der Waals surface area (Å²) in [5.74, 6) is 0.187. The molecule has 0 radical (unpaired) electrons. The van der Waals surface area contributed by atoms with Gasteiger partial charge < -0.3 is 10.1 Å². The van der Waals surface area contributed by atoms with Crippen LogP contribution in [0.3, 0.4) is 0 Å². The van der Waals surface area contributed by atoms with Crippen molar-refractivity contribution in [1.29, 1.82) is 0 Å². The van der Waals surface area contributed by atoms with Crippen LogP contribution in [0.4, 0.5) is 0 Å². The highest BCUT2D eigenvalue weighted by molar-refractivity contribution is 7.71. The molecule has 3 N–H and O–H groups in total. The summed E-state index contributed by atoms with van der Waals surface area (Å²) >= 11 is 5.16. The molecule has 3 aromatic rings. The molecule has 7 heteroatoms. The van der Waals surface area contributed by atoms with Crippen LogP contribution in [0.15, 0.2) is 35.4 Å². The number of benzene rings is 1. The molecule has 0 aliphatic carbocycles. The van der Waals surface area contributed by atoms with Crippen molar-refractivity contribution in [1.82, 2.24) is 19.5 Å². The molecule has 0 saturated heterocycles. The van der Waals surface area contributed by atoms with Gasteiger partial charge >= 0.3 is 0 Å². The molecule has 3 rings (SSSR count). The van der Waals surface area contributed by atoms with Crippen LogP contribution in [-0.4, -0.2) is 24.6 Å². The number of aromatic hydroxyl groups is 1. The number of nitrogens with zero attached hydrogens (tertiary/aromatic N) is 2. The lowest BCUT2D eigenvalue weighted by molar-refractivity contribution is 0.474. The number of aromatic amines is 2. The summed E-state index contributed by atoms with van der Waals surface area (Å²) < 4.78 is 2.00. The van der Waals surface area contributed by atoms with E-state index < -0.39 is 0 Å². The third kappa shape index (κ3) is 2.04. The molecule has 1 aromatic carbocycles. The van der Waals surface area contributed by atoms with E-state index in [1.165, 1.54) is 6.33 Å². The summed E-state index contributed by atoms with van der Waals surface area (Å²) in [6.07, 6.45) is 1.45. The highest BCUT2D eigenvalue weighted by atomic mass is 32.1. The fraction of sp³-hybridized carbons (Fsp3) is 0.0833. The number of fused-ring (bicyclic) bond motifs is 1. The Hall–Kier alpha value is -2.41. The SMILES string of the molecule is O=c1[nH]c(=S)n(Cc2cccc(O)c2)c2nc[nH]c12. The number of rotatable bonds is 2. The Kier molecular flexibility index (Phi) is 2.68. The van der Waals surface area contributed by atoms with Crippen LogP contribution in [0.5, 0.6) is 5.75 Å². The van der Waals surface area contributed by atoms with Crippen molar-refractivity contribution in [2.24, 2.45) is 0 Å². The van der Waals surface area contributed by atoms with Gasteiger partial charge in [-0.2, -0.15) is 0 Å². The molecule has 0 unspecified atom stereocenters. The molecular formula is C12H10N4O2S. The molecule has 0 spiro atoms. The first-order valence-corrected chi connectivity index (χ1v) is 6.00. The van der Waals surface area contributed by atoms with E-state index in [1.54, 1.807) is 22.8 Å². The van der Waals surface area contributed by atoms with Gasteiger partial charge in [0.25, 0.3) is 5.56 Å². The molecule has 0 amide bonds. The second-order valence-electron chi connectivity index (χ2n) is 4.12. The first-order chi connectivity index (χ1) is 9.15. The molecule has 0 aliphatic rings. The number of hydrogen-bond donors (Lipinski definition) is 3. The van der Waals surface area contributed by atoms with E-state index in [1.807, 2.05) is 6.07 Å². The van der Waals surface area contributed by atoms with E-state index in [0.29, 0.717) is 22.5 Å². The second-order valence-corrected chi connectivity index (χ2v) is 4.50. The van der Waals surface area contributed by atoms with E-state index in [-0.39, 0.29) is 11.3 Å². The fourth-order valence-electron chi connectivity index (χ4n) is 1.97. The van der Waals surface area contributed by atoms with Gasteiger partial charge in [0, 0.05) is 0 Å². The molecule has 6 nitrogen and oxygen atoms in total. The van der Waals surface area contributed by atoms with Gasteiger partial charge in [-0.1, -0.05) is 12.1 Å². The lowest BCUT2D eigenvalue weighted by Gasteiger charge is -2.08. The van der Waals surface area contributed by atoms with E-state index in [4.69, 9.17) is 12.2 Å². The molecule has 2 heterocycles. The Balaban J connectivity index is 2.18. The van der Waals surface area contributed by atoms with E-state index in [0.717, 1.165) is 5.56 Å². The minimum Gasteiger partial charge on any atom is -0.508 e. The highest BCUT2D eigenvalue weighted by Gasteiger charge is 2.08. The van der Waals surface area contributed by atoms with Crippen molar-refractivity contribution in [2.45, 2.75) is 6.54 Å². The third-order valence-corrected chi connectivity index (χ3v) is 3.14. The van der Waals surface area contributed by atoms with Crippen molar-refractivity contribution in [3.63, 3.8) is 0 Å². The van der Waals surface area contributed by atoms with Crippen LogP contribution >= 0.6 is 12.2 Å². The van der Waals surface area contributed by atoms with Gasteiger partial charge in [-0.3, -0.25) is 14.3 Å². The maximum Gasteiger partial charge on any atom is 0.277 e. The maximum atomic E-state index is 11.7. The van der Waals surface area contributed by atoms with E-state index in [9.17, 15) is 9.90 Å². The third-order valence-electron chi connectivity index (χ3n) is 2.82. The van der Waals surface area contributed by atoms with Crippen molar-refractivity contribution in [2.75, 3.05) is 0 Å². The Morgan fingerprint density at radius 3 is 3.05 bits per heavy atom. The Morgan fingerprint density at radius 2 is 2.26 bits per heavy atom. The van der Waals surface area contributed by atoms with Crippen molar-refractivity contribution < 1.29 is 5.11 Å². The average molecular weight is 274 g/mol. The van der Waals surface area contributed by atoms with Gasteiger partial charge in [0.2, 0.25) is 0 Å². The summed E-state index contributed by atoms with van der Waals surface area (Å²) in [5.41, 5.74) is 1.46. The zero-order valence-electron chi connectivity index (χ0n) is 9.75. The van der Waals surface area contributed by atoms with Crippen LogP contribution in [0.2, 0.25) is 0 Å². The maximum absolute atomic E-state index is 11.7.